The first kappa shape index (κ1) is 16.2. The molecule has 0 radical (unpaired) electrons. The number of carbonyl (C=O) groups excluding carboxylic acids is 2. The van der Waals surface area contributed by atoms with Crippen LogP contribution in [-0.4, -0.2) is 35.6 Å². The summed E-state index contributed by atoms with van der Waals surface area (Å²) in [6.07, 6.45) is 0. The van der Waals surface area contributed by atoms with Crippen molar-refractivity contribution in [2.75, 3.05) is 6.61 Å². The Bertz CT molecular complexity index is 446. The molecule has 2 unspecified atom stereocenters. The van der Waals surface area contributed by atoms with E-state index in [0.29, 0.717) is 5.56 Å². The van der Waals surface area contributed by atoms with E-state index >= 15 is 0 Å². The number of hydrogen-bond donors (Lipinski definition) is 3. The van der Waals surface area contributed by atoms with Gasteiger partial charge in [-0.15, -0.1) is 0 Å². The largest absolute Gasteiger partial charge is 0.394 e. The monoisotopic (exact) mass is 278 g/mol. The summed E-state index contributed by atoms with van der Waals surface area (Å²) in [6, 6.07) is 7.76. The molecule has 0 aliphatic rings. The molecular weight excluding hydrogens is 256 g/mol. The molecule has 5 nitrogen and oxygen atoms in total. The number of aliphatic hydroxyl groups is 1. The first-order valence-electron chi connectivity index (χ1n) is 6.72. The second-order valence-electron chi connectivity index (χ2n) is 5.10. The van der Waals surface area contributed by atoms with Gasteiger partial charge in [-0.25, -0.2) is 0 Å². The van der Waals surface area contributed by atoms with E-state index in [1.54, 1.807) is 31.2 Å². The Morgan fingerprint density at radius 1 is 1.10 bits per heavy atom. The first-order valence-corrected chi connectivity index (χ1v) is 6.72. The highest BCUT2D eigenvalue weighted by atomic mass is 16.3. The van der Waals surface area contributed by atoms with E-state index in [2.05, 4.69) is 10.6 Å². The molecule has 20 heavy (non-hydrogen) atoms. The first-order chi connectivity index (χ1) is 9.45. The molecular formula is C15H22N2O3. The van der Waals surface area contributed by atoms with Crippen molar-refractivity contribution in [2.24, 2.45) is 5.92 Å². The number of aliphatic hydroxyl groups excluding tert-OH is 1. The van der Waals surface area contributed by atoms with Crippen molar-refractivity contribution in [3.8, 4) is 0 Å². The number of amides is 2. The topological polar surface area (TPSA) is 78.4 Å². The molecule has 0 aliphatic heterocycles. The van der Waals surface area contributed by atoms with E-state index in [4.69, 9.17) is 0 Å². The molecule has 2 atom stereocenters. The molecule has 0 saturated heterocycles. The Balaban J connectivity index is 2.56. The van der Waals surface area contributed by atoms with Crippen LogP contribution in [0.25, 0.3) is 0 Å². The van der Waals surface area contributed by atoms with Gasteiger partial charge in [0.25, 0.3) is 5.91 Å². The van der Waals surface area contributed by atoms with Crippen LogP contribution in [-0.2, 0) is 4.79 Å². The van der Waals surface area contributed by atoms with Crippen LogP contribution >= 0.6 is 0 Å². The summed E-state index contributed by atoms with van der Waals surface area (Å²) in [6.45, 7) is 5.32. The summed E-state index contributed by atoms with van der Waals surface area (Å²) in [5, 5.41) is 14.5. The SMILES string of the molecule is CC(NC(=O)c1ccccc1)C(=O)NC(CO)C(C)C. The van der Waals surface area contributed by atoms with E-state index in [-0.39, 0.29) is 30.4 Å². The minimum absolute atomic E-state index is 0.122. The third-order valence-corrected chi connectivity index (χ3v) is 3.11. The lowest BCUT2D eigenvalue weighted by Crippen LogP contribution is -2.50. The van der Waals surface area contributed by atoms with Gasteiger partial charge >= 0.3 is 0 Å². The van der Waals surface area contributed by atoms with Gasteiger partial charge in [0, 0.05) is 5.56 Å². The minimum Gasteiger partial charge on any atom is -0.394 e. The lowest BCUT2D eigenvalue weighted by molar-refractivity contribution is -0.123. The zero-order valence-corrected chi connectivity index (χ0v) is 12.1. The Morgan fingerprint density at radius 3 is 2.20 bits per heavy atom. The highest BCUT2D eigenvalue weighted by Crippen LogP contribution is 2.02. The molecule has 3 N–H and O–H groups in total. The van der Waals surface area contributed by atoms with Gasteiger partial charge < -0.3 is 15.7 Å². The molecule has 0 fully saturated rings. The van der Waals surface area contributed by atoms with E-state index < -0.39 is 6.04 Å². The smallest absolute Gasteiger partial charge is 0.251 e. The molecule has 0 aromatic heterocycles. The van der Waals surface area contributed by atoms with Crippen molar-refractivity contribution < 1.29 is 14.7 Å². The zero-order chi connectivity index (χ0) is 15.1. The molecule has 5 heteroatoms. The maximum absolute atomic E-state index is 11.9. The van der Waals surface area contributed by atoms with Gasteiger partial charge in [-0.3, -0.25) is 9.59 Å². The Kier molecular flexibility index (Phi) is 6.18. The van der Waals surface area contributed by atoms with Crippen LogP contribution in [0.2, 0.25) is 0 Å². The summed E-state index contributed by atoms with van der Waals surface area (Å²) < 4.78 is 0. The predicted molar refractivity (Wildman–Crippen MR) is 77.2 cm³/mol. The fourth-order valence-electron chi connectivity index (χ4n) is 1.67. The number of benzene rings is 1. The summed E-state index contributed by atoms with van der Waals surface area (Å²) in [7, 11) is 0. The Labute approximate surface area is 119 Å². The predicted octanol–water partition coefficient (Wildman–Crippen LogP) is 0.938. The van der Waals surface area contributed by atoms with Crippen LogP contribution in [0.1, 0.15) is 31.1 Å². The van der Waals surface area contributed by atoms with Gasteiger partial charge in [-0.05, 0) is 25.0 Å². The second-order valence-corrected chi connectivity index (χ2v) is 5.10. The third-order valence-electron chi connectivity index (χ3n) is 3.11. The molecule has 0 heterocycles. The molecule has 0 spiro atoms. The average molecular weight is 278 g/mol. The Hall–Kier alpha value is -1.88. The van der Waals surface area contributed by atoms with Crippen LogP contribution in [0, 0.1) is 5.92 Å². The molecule has 1 rings (SSSR count). The lowest BCUT2D eigenvalue weighted by Gasteiger charge is -2.22. The summed E-state index contributed by atoms with van der Waals surface area (Å²) in [4.78, 5) is 23.9. The van der Waals surface area contributed by atoms with E-state index in [1.807, 2.05) is 19.9 Å². The Morgan fingerprint density at radius 2 is 1.70 bits per heavy atom. The standard InChI is InChI=1S/C15H22N2O3/c1-10(2)13(9-18)17-14(19)11(3)16-15(20)12-7-5-4-6-8-12/h4-8,10-11,13,18H,9H2,1-3H3,(H,16,20)(H,17,19). The van der Waals surface area contributed by atoms with Crippen molar-refractivity contribution >= 4 is 11.8 Å². The van der Waals surface area contributed by atoms with Gasteiger partial charge in [-0.1, -0.05) is 32.0 Å². The maximum Gasteiger partial charge on any atom is 0.251 e. The molecule has 2 amide bonds. The van der Waals surface area contributed by atoms with Crippen molar-refractivity contribution in [2.45, 2.75) is 32.9 Å². The average Bonchev–Trinajstić information content (AvgIpc) is 2.44. The van der Waals surface area contributed by atoms with Crippen LogP contribution in [0.5, 0.6) is 0 Å². The van der Waals surface area contributed by atoms with Crippen LogP contribution < -0.4 is 10.6 Å². The quantitative estimate of drug-likeness (QED) is 0.724. The van der Waals surface area contributed by atoms with Gasteiger partial charge in [0.05, 0.1) is 12.6 Å². The highest BCUT2D eigenvalue weighted by molar-refractivity contribution is 5.97. The second kappa shape index (κ2) is 7.65. The normalized spacial score (nSPS) is 13.7. The van der Waals surface area contributed by atoms with Gasteiger partial charge in [0.15, 0.2) is 0 Å². The third kappa shape index (κ3) is 4.66. The van der Waals surface area contributed by atoms with Crippen molar-refractivity contribution in [3.05, 3.63) is 35.9 Å². The van der Waals surface area contributed by atoms with E-state index in [1.165, 1.54) is 0 Å². The number of nitrogens with one attached hydrogen (secondary N) is 2. The zero-order valence-electron chi connectivity index (χ0n) is 12.1. The fraction of sp³-hybridized carbons (Fsp3) is 0.467. The number of carbonyl (C=O) groups is 2. The summed E-state index contributed by atoms with van der Waals surface area (Å²) in [5.74, 6) is -0.471. The van der Waals surface area contributed by atoms with Crippen molar-refractivity contribution in [3.63, 3.8) is 0 Å². The number of rotatable bonds is 6. The van der Waals surface area contributed by atoms with Crippen LogP contribution in [0.4, 0.5) is 0 Å². The molecule has 0 bridgehead atoms. The van der Waals surface area contributed by atoms with Crippen LogP contribution in [0.15, 0.2) is 30.3 Å². The molecule has 1 aromatic rings. The minimum atomic E-state index is -0.657. The summed E-state index contributed by atoms with van der Waals surface area (Å²) >= 11 is 0. The van der Waals surface area contributed by atoms with Crippen LogP contribution in [0.3, 0.4) is 0 Å². The summed E-state index contributed by atoms with van der Waals surface area (Å²) in [5.41, 5.74) is 0.509. The number of hydrogen-bond acceptors (Lipinski definition) is 3. The van der Waals surface area contributed by atoms with Gasteiger partial charge in [-0.2, -0.15) is 0 Å². The van der Waals surface area contributed by atoms with Gasteiger partial charge in [0.2, 0.25) is 5.91 Å². The van der Waals surface area contributed by atoms with Gasteiger partial charge in [0.1, 0.15) is 6.04 Å². The highest BCUT2D eigenvalue weighted by Gasteiger charge is 2.21. The van der Waals surface area contributed by atoms with Crippen molar-refractivity contribution in [1.82, 2.24) is 10.6 Å². The molecule has 1 aromatic carbocycles. The molecule has 0 saturated carbocycles. The van der Waals surface area contributed by atoms with Crippen molar-refractivity contribution in [1.29, 1.82) is 0 Å². The van der Waals surface area contributed by atoms with E-state index in [0.717, 1.165) is 0 Å². The maximum atomic E-state index is 11.9. The fourth-order valence-corrected chi connectivity index (χ4v) is 1.67. The lowest BCUT2D eigenvalue weighted by atomic mass is 10.1. The molecule has 0 aliphatic carbocycles. The van der Waals surface area contributed by atoms with E-state index in [9.17, 15) is 14.7 Å². The molecule has 110 valence electrons.